The highest BCUT2D eigenvalue weighted by molar-refractivity contribution is 14.1. The largest absolute Gasteiger partial charge is 0.755 e. The Kier molecular flexibility index (Phi) is 5.65. The maximum atomic E-state index is 14.2. The van der Waals surface area contributed by atoms with Gasteiger partial charge in [0.05, 0.1) is 35.3 Å². The SMILES string of the molecule is COC(=O)c1cc(F)c(N(c2ccc(I)cc2)S(=O)[O-])cc1F. The zero-order valence-electron chi connectivity index (χ0n) is 11.6. The van der Waals surface area contributed by atoms with Crippen molar-refractivity contribution in [1.29, 1.82) is 0 Å². The van der Waals surface area contributed by atoms with Crippen LogP contribution in [0.1, 0.15) is 10.4 Å². The van der Waals surface area contributed by atoms with Crippen LogP contribution in [-0.4, -0.2) is 21.8 Å². The maximum Gasteiger partial charge on any atom is 0.340 e. The number of carbonyl (C=O) groups is 1. The normalized spacial score (nSPS) is 11.9. The lowest BCUT2D eigenvalue weighted by Gasteiger charge is -2.27. The van der Waals surface area contributed by atoms with Gasteiger partial charge in [-0.2, -0.15) is 0 Å². The quantitative estimate of drug-likeness (QED) is 0.406. The minimum absolute atomic E-state index is 0.128. The first-order chi connectivity index (χ1) is 10.8. The van der Waals surface area contributed by atoms with Crippen LogP contribution in [0.4, 0.5) is 20.2 Å². The van der Waals surface area contributed by atoms with E-state index < -0.39 is 40.1 Å². The number of halogens is 3. The lowest BCUT2D eigenvalue weighted by atomic mass is 10.1. The molecule has 0 amide bonds. The Labute approximate surface area is 146 Å². The summed E-state index contributed by atoms with van der Waals surface area (Å²) in [7, 11) is 1.03. The molecule has 0 aliphatic carbocycles. The second kappa shape index (κ2) is 7.32. The van der Waals surface area contributed by atoms with Gasteiger partial charge in [0.1, 0.15) is 11.6 Å². The third kappa shape index (κ3) is 3.85. The minimum Gasteiger partial charge on any atom is -0.755 e. The fraction of sp³-hybridized carbons (Fsp3) is 0.0714. The Morgan fingerprint density at radius 1 is 1.22 bits per heavy atom. The van der Waals surface area contributed by atoms with E-state index in [-0.39, 0.29) is 5.69 Å². The van der Waals surface area contributed by atoms with Gasteiger partial charge < -0.3 is 9.29 Å². The number of rotatable bonds is 4. The van der Waals surface area contributed by atoms with Gasteiger partial charge in [0.25, 0.3) is 0 Å². The van der Waals surface area contributed by atoms with E-state index in [0.717, 1.165) is 10.7 Å². The number of nitrogens with zero attached hydrogens (tertiary/aromatic N) is 1. The number of hydrogen-bond donors (Lipinski definition) is 0. The molecule has 1 atom stereocenters. The molecular weight excluding hydrogens is 443 g/mol. The van der Waals surface area contributed by atoms with Gasteiger partial charge in [-0.15, -0.1) is 0 Å². The molecule has 0 saturated carbocycles. The third-order valence-corrected chi connectivity index (χ3v) is 4.30. The Morgan fingerprint density at radius 3 is 2.35 bits per heavy atom. The van der Waals surface area contributed by atoms with E-state index in [1.807, 2.05) is 22.6 Å². The van der Waals surface area contributed by atoms with Gasteiger partial charge in [-0.05, 0) is 52.9 Å². The molecule has 0 saturated heterocycles. The van der Waals surface area contributed by atoms with Crippen LogP contribution in [0.3, 0.4) is 0 Å². The predicted molar refractivity (Wildman–Crippen MR) is 87.9 cm³/mol. The fourth-order valence-electron chi connectivity index (χ4n) is 1.84. The van der Waals surface area contributed by atoms with E-state index in [0.29, 0.717) is 16.4 Å². The first kappa shape index (κ1) is 17.8. The Bertz CT molecular complexity index is 770. The zero-order valence-corrected chi connectivity index (χ0v) is 14.6. The molecular formula is C14H9F2INO4S-. The molecule has 0 bridgehead atoms. The summed E-state index contributed by atoms with van der Waals surface area (Å²) in [5, 5.41) is 0. The van der Waals surface area contributed by atoms with Crippen LogP contribution < -0.4 is 4.31 Å². The van der Waals surface area contributed by atoms with Gasteiger partial charge in [-0.25, -0.2) is 13.6 Å². The van der Waals surface area contributed by atoms with Gasteiger partial charge in [-0.3, -0.25) is 8.51 Å². The van der Waals surface area contributed by atoms with Crippen LogP contribution >= 0.6 is 22.6 Å². The third-order valence-electron chi connectivity index (χ3n) is 2.87. The molecule has 0 aliphatic rings. The number of benzene rings is 2. The van der Waals surface area contributed by atoms with Crippen molar-refractivity contribution in [3.8, 4) is 0 Å². The zero-order chi connectivity index (χ0) is 17.1. The molecule has 2 aromatic carbocycles. The van der Waals surface area contributed by atoms with Crippen molar-refractivity contribution in [3.05, 3.63) is 57.2 Å². The highest BCUT2D eigenvalue weighted by Crippen LogP contribution is 2.31. The van der Waals surface area contributed by atoms with E-state index in [2.05, 4.69) is 4.74 Å². The summed E-state index contributed by atoms with van der Waals surface area (Å²) >= 11 is -0.870. The first-order valence-corrected chi connectivity index (χ1v) is 8.18. The Balaban J connectivity index is 2.56. The molecule has 23 heavy (non-hydrogen) atoms. The molecule has 2 aromatic rings. The number of hydrogen-bond acceptors (Lipinski definition) is 4. The lowest BCUT2D eigenvalue weighted by molar-refractivity contribution is 0.0595. The monoisotopic (exact) mass is 452 g/mol. The molecule has 122 valence electrons. The number of anilines is 2. The maximum absolute atomic E-state index is 14.2. The van der Waals surface area contributed by atoms with E-state index in [1.54, 1.807) is 12.1 Å². The molecule has 0 fully saturated rings. The molecule has 0 radical (unpaired) electrons. The summed E-state index contributed by atoms with van der Waals surface area (Å²) in [6.45, 7) is 0. The predicted octanol–water partition coefficient (Wildman–Crippen LogP) is 3.29. The Morgan fingerprint density at radius 2 is 1.83 bits per heavy atom. The summed E-state index contributed by atoms with van der Waals surface area (Å²) in [4.78, 5) is 11.3. The van der Waals surface area contributed by atoms with Gasteiger partial charge in [0, 0.05) is 9.64 Å². The van der Waals surface area contributed by atoms with Crippen molar-refractivity contribution in [1.82, 2.24) is 0 Å². The van der Waals surface area contributed by atoms with Crippen LogP contribution in [0.5, 0.6) is 0 Å². The highest BCUT2D eigenvalue weighted by Gasteiger charge is 2.21. The summed E-state index contributed by atoms with van der Waals surface area (Å²) in [6, 6.07) is 7.37. The molecule has 1 unspecified atom stereocenters. The molecule has 9 heteroatoms. The van der Waals surface area contributed by atoms with Gasteiger partial charge in [0.2, 0.25) is 0 Å². The second-order valence-corrected chi connectivity index (χ2v) is 6.31. The molecule has 2 rings (SSSR count). The van der Waals surface area contributed by atoms with Crippen molar-refractivity contribution >= 4 is 51.2 Å². The number of ether oxygens (including phenoxy) is 1. The lowest BCUT2D eigenvalue weighted by Crippen LogP contribution is -2.21. The van der Waals surface area contributed by atoms with Gasteiger partial charge >= 0.3 is 5.97 Å². The van der Waals surface area contributed by atoms with E-state index in [4.69, 9.17) is 0 Å². The summed E-state index contributed by atoms with van der Waals surface area (Å²) in [5.41, 5.74) is -1.03. The summed E-state index contributed by atoms with van der Waals surface area (Å²) in [5.74, 6) is -3.22. The van der Waals surface area contributed by atoms with E-state index in [9.17, 15) is 22.3 Å². The molecule has 5 nitrogen and oxygen atoms in total. The van der Waals surface area contributed by atoms with E-state index in [1.165, 1.54) is 12.1 Å². The standard InChI is InChI=1S/C14H10F2INO4S/c1-22-14(19)10-6-12(16)13(7-11(10)15)18(23(20)21)9-4-2-8(17)3-5-9/h2-7H,1H3,(H,20,21)/p-1. The van der Waals surface area contributed by atoms with Gasteiger partial charge in [-0.1, -0.05) is 0 Å². The van der Waals surface area contributed by atoms with Crippen LogP contribution in [0.15, 0.2) is 36.4 Å². The highest BCUT2D eigenvalue weighted by atomic mass is 127. The first-order valence-electron chi connectivity index (χ1n) is 6.07. The van der Waals surface area contributed by atoms with Crippen molar-refractivity contribution in [3.63, 3.8) is 0 Å². The average molecular weight is 452 g/mol. The van der Waals surface area contributed by atoms with Crippen LogP contribution in [0.2, 0.25) is 0 Å². The molecule has 0 aromatic heterocycles. The van der Waals surface area contributed by atoms with Gasteiger partial charge in [0.15, 0.2) is 0 Å². The van der Waals surface area contributed by atoms with Crippen LogP contribution in [0, 0.1) is 15.2 Å². The number of esters is 1. The Hall–Kier alpha value is -1.59. The van der Waals surface area contributed by atoms with E-state index >= 15 is 0 Å². The molecule has 0 spiro atoms. The summed E-state index contributed by atoms with van der Waals surface area (Å²) < 4.78 is 56.9. The topological polar surface area (TPSA) is 69.7 Å². The molecule has 0 heterocycles. The molecule has 0 N–H and O–H groups in total. The van der Waals surface area contributed by atoms with Crippen molar-refractivity contribution < 1.29 is 27.1 Å². The van der Waals surface area contributed by atoms with Crippen LogP contribution in [0.25, 0.3) is 0 Å². The number of methoxy groups -OCH3 is 1. The smallest absolute Gasteiger partial charge is 0.340 e. The molecule has 0 aliphatic heterocycles. The van der Waals surface area contributed by atoms with Crippen molar-refractivity contribution in [2.75, 3.05) is 11.4 Å². The van der Waals surface area contributed by atoms with Crippen molar-refractivity contribution in [2.45, 2.75) is 0 Å². The fourth-order valence-corrected chi connectivity index (χ4v) is 2.79. The number of carbonyl (C=O) groups excluding carboxylic acids is 1. The second-order valence-electron chi connectivity index (χ2n) is 4.26. The van der Waals surface area contributed by atoms with Crippen LogP contribution in [-0.2, 0) is 16.0 Å². The average Bonchev–Trinajstić information content (AvgIpc) is 2.51. The van der Waals surface area contributed by atoms with Crippen molar-refractivity contribution in [2.24, 2.45) is 0 Å². The summed E-state index contributed by atoms with van der Waals surface area (Å²) in [6.07, 6.45) is 0. The minimum atomic E-state index is -2.89.